The van der Waals surface area contributed by atoms with Gasteiger partial charge in [-0.25, -0.2) is 8.42 Å². The van der Waals surface area contributed by atoms with Crippen LogP contribution in [-0.2, 0) is 21.1 Å². The van der Waals surface area contributed by atoms with E-state index in [4.69, 9.17) is 4.74 Å². The van der Waals surface area contributed by atoms with E-state index in [0.717, 1.165) is 5.56 Å². The Labute approximate surface area is 118 Å². The molecule has 0 aliphatic carbocycles. The Balaban J connectivity index is 2.29. The lowest BCUT2D eigenvalue weighted by atomic mass is 9.76. The molecule has 0 bridgehead atoms. The molecule has 1 N–H and O–H groups in total. The van der Waals surface area contributed by atoms with E-state index < -0.39 is 21.2 Å². The smallest absolute Gasteiger partial charge is 0.310 e. The standard InChI is InChI=1S/C14H18O5S/c1-19-12-5-3-2-4-11(12)10-14(13(15)16)6-8-20(17,18)9-7-14/h2-5H,6-10H2,1H3,(H,15,16). The highest BCUT2D eigenvalue weighted by atomic mass is 32.2. The summed E-state index contributed by atoms with van der Waals surface area (Å²) < 4.78 is 28.3. The number of carbonyl (C=O) groups is 1. The highest BCUT2D eigenvalue weighted by Crippen LogP contribution is 2.38. The zero-order valence-corrected chi connectivity index (χ0v) is 12.1. The molecule has 0 spiro atoms. The van der Waals surface area contributed by atoms with Gasteiger partial charge in [-0.2, -0.15) is 0 Å². The third-order valence-electron chi connectivity index (χ3n) is 3.96. The minimum Gasteiger partial charge on any atom is -0.496 e. The van der Waals surface area contributed by atoms with Gasteiger partial charge >= 0.3 is 5.97 Å². The number of rotatable bonds is 4. The first-order valence-corrected chi connectivity index (χ1v) is 8.26. The molecule has 1 heterocycles. The Morgan fingerprint density at radius 2 is 1.90 bits per heavy atom. The summed E-state index contributed by atoms with van der Waals surface area (Å²) in [5.74, 6) is -0.414. The van der Waals surface area contributed by atoms with E-state index in [9.17, 15) is 18.3 Å². The van der Waals surface area contributed by atoms with Crippen molar-refractivity contribution in [2.75, 3.05) is 18.6 Å². The first-order valence-electron chi connectivity index (χ1n) is 6.44. The topological polar surface area (TPSA) is 80.7 Å². The van der Waals surface area contributed by atoms with Crippen LogP contribution in [0.25, 0.3) is 0 Å². The van der Waals surface area contributed by atoms with E-state index in [1.807, 2.05) is 18.2 Å². The van der Waals surface area contributed by atoms with E-state index in [0.29, 0.717) is 12.2 Å². The third-order valence-corrected chi connectivity index (χ3v) is 5.61. The van der Waals surface area contributed by atoms with Gasteiger partial charge in [0.15, 0.2) is 0 Å². The molecule has 0 saturated carbocycles. The van der Waals surface area contributed by atoms with Crippen molar-refractivity contribution in [3.05, 3.63) is 29.8 Å². The molecular formula is C14H18O5S. The third kappa shape index (κ3) is 2.95. The van der Waals surface area contributed by atoms with Crippen molar-refractivity contribution in [1.82, 2.24) is 0 Å². The monoisotopic (exact) mass is 298 g/mol. The van der Waals surface area contributed by atoms with Crippen molar-refractivity contribution in [2.24, 2.45) is 5.41 Å². The van der Waals surface area contributed by atoms with Gasteiger partial charge in [0, 0.05) is 0 Å². The predicted octanol–water partition coefficient (Wildman–Crippen LogP) is 1.52. The quantitative estimate of drug-likeness (QED) is 0.911. The fourth-order valence-electron chi connectivity index (χ4n) is 2.61. The molecular weight excluding hydrogens is 280 g/mol. The fraction of sp³-hybridized carbons (Fsp3) is 0.500. The maximum Gasteiger partial charge on any atom is 0.310 e. The number of benzene rings is 1. The summed E-state index contributed by atoms with van der Waals surface area (Å²) in [6.07, 6.45) is 0.604. The van der Waals surface area contributed by atoms with Crippen molar-refractivity contribution in [2.45, 2.75) is 19.3 Å². The number of para-hydroxylation sites is 1. The molecule has 1 aliphatic rings. The maximum atomic E-state index is 11.7. The number of hydrogen-bond acceptors (Lipinski definition) is 4. The number of carboxylic acid groups (broad SMARTS) is 1. The van der Waals surface area contributed by atoms with E-state index >= 15 is 0 Å². The Kier molecular flexibility index (Phi) is 4.04. The second-order valence-corrected chi connectivity index (χ2v) is 7.53. The van der Waals surface area contributed by atoms with Gasteiger partial charge in [0.2, 0.25) is 0 Å². The molecule has 0 atom stereocenters. The average molecular weight is 298 g/mol. The van der Waals surface area contributed by atoms with Crippen LogP contribution in [0.4, 0.5) is 0 Å². The zero-order valence-electron chi connectivity index (χ0n) is 11.3. The van der Waals surface area contributed by atoms with Crippen LogP contribution in [0.2, 0.25) is 0 Å². The van der Waals surface area contributed by atoms with Crippen LogP contribution < -0.4 is 4.74 Å². The first-order chi connectivity index (χ1) is 9.38. The molecule has 1 fully saturated rings. The minimum absolute atomic E-state index is 0.0611. The highest BCUT2D eigenvalue weighted by molar-refractivity contribution is 7.91. The van der Waals surface area contributed by atoms with Crippen molar-refractivity contribution < 1.29 is 23.1 Å². The summed E-state index contributed by atoms with van der Waals surface area (Å²) >= 11 is 0. The molecule has 0 radical (unpaired) electrons. The molecule has 1 aliphatic heterocycles. The molecule has 1 saturated heterocycles. The summed E-state index contributed by atoms with van der Waals surface area (Å²) in [5.41, 5.74) is -0.211. The summed E-state index contributed by atoms with van der Waals surface area (Å²) in [5, 5.41) is 9.55. The molecule has 5 nitrogen and oxygen atoms in total. The fourth-order valence-corrected chi connectivity index (χ4v) is 4.22. The van der Waals surface area contributed by atoms with Crippen LogP contribution in [0.5, 0.6) is 5.75 Å². The lowest BCUT2D eigenvalue weighted by Gasteiger charge is -2.33. The lowest BCUT2D eigenvalue weighted by Crippen LogP contribution is -2.41. The molecule has 1 aromatic carbocycles. The van der Waals surface area contributed by atoms with Gasteiger partial charge in [-0.15, -0.1) is 0 Å². The van der Waals surface area contributed by atoms with Crippen molar-refractivity contribution in [3.8, 4) is 5.75 Å². The Morgan fingerprint density at radius 3 is 2.45 bits per heavy atom. The molecule has 2 rings (SSSR count). The number of ether oxygens (including phenoxy) is 1. The molecule has 110 valence electrons. The van der Waals surface area contributed by atoms with Gasteiger partial charge in [-0.1, -0.05) is 18.2 Å². The summed E-state index contributed by atoms with van der Waals surface area (Å²) in [7, 11) is -1.55. The first kappa shape index (κ1) is 14.8. The van der Waals surface area contributed by atoms with Gasteiger partial charge in [0.05, 0.1) is 24.0 Å². The van der Waals surface area contributed by atoms with Crippen LogP contribution in [0, 0.1) is 5.41 Å². The van der Waals surface area contributed by atoms with Crippen molar-refractivity contribution >= 4 is 15.8 Å². The predicted molar refractivity (Wildman–Crippen MR) is 74.7 cm³/mol. The van der Waals surface area contributed by atoms with Crippen LogP contribution >= 0.6 is 0 Å². The summed E-state index contributed by atoms with van der Waals surface area (Å²) in [4.78, 5) is 11.7. The average Bonchev–Trinajstić information content (AvgIpc) is 2.42. The normalized spacial score (nSPS) is 20.2. The van der Waals surface area contributed by atoms with Gasteiger partial charge in [0.1, 0.15) is 15.6 Å². The molecule has 1 aromatic rings. The maximum absolute atomic E-state index is 11.7. The summed E-state index contributed by atoms with van der Waals surface area (Å²) in [6, 6.07) is 7.26. The Morgan fingerprint density at radius 1 is 1.30 bits per heavy atom. The second kappa shape index (κ2) is 5.44. The van der Waals surface area contributed by atoms with Gasteiger partial charge < -0.3 is 9.84 Å². The molecule has 20 heavy (non-hydrogen) atoms. The van der Waals surface area contributed by atoms with Crippen LogP contribution in [0.1, 0.15) is 18.4 Å². The SMILES string of the molecule is COc1ccccc1CC1(C(=O)O)CCS(=O)(=O)CC1. The Bertz CT molecular complexity index is 592. The highest BCUT2D eigenvalue weighted by Gasteiger charge is 2.44. The van der Waals surface area contributed by atoms with Crippen LogP contribution in [-0.4, -0.2) is 38.1 Å². The number of sulfone groups is 1. The van der Waals surface area contributed by atoms with Crippen molar-refractivity contribution in [3.63, 3.8) is 0 Å². The molecule has 0 unspecified atom stereocenters. The van der Waals surface area contributed by atoms with Gasteiger partial charge in [-0.3, -0.25) is 4.79 Å². The van der Waals surface area contributed by atoms with Crippen LogP contribution in [0.15, 0.2) is 24.3 Å². The molecule has 0 amide bonds. The Hall–Kier alpha value is -1.56. The van der Waals surface area contributed by atoms with Gasteiger partial charge in [0.25, 0.3) is 0 Å². The van der Waals surface area contributed by atoms with E-state index in [1.165, 1.54) is 7.11 Å². The van der Waals surface area contributed by atoms with Crippen LogP contribution in [0.3, 0.4) is 0 Å². The lowest BCUT2D eigenvalue weighted by molar-refractivity contribution is -0.149. The van der Waals surface area contributed by atoms with E-state index in [1.54, 1.807) is 6.07 Å². The largest absolute Gasteiger partial charge is 0.496 e. The van der Waals surface area contributed by atoms with E-state index in [2.05, 4.69) is 0 Å². The van der Waals surface area contributed by atoms with Crippen molar-refractivity contribution in [1.29, 1.82) is 0 Å². The number of methoxy groups -OCH3 is 1. The minimum atomic E-state index is -3.09. The number of carboxylic acids is 1. The molecule has 6 heteroatoms. The second-order valence-electron chi connectivity index (χ2n) is 5.23. The number of aliphatic carboxylic acids is 1. The van der Waals surface area contributed by atoms with Gasteiger partial charge in [-0.05, 0) is 30.9 Å². The molecule has 0 aromatic heterocycles. The summed E-state index contributed by atoms with van der Waals surface area (Å²) in [6.45, 7) is 0. The number of hydrogen-bond donors (Lipinski definition) is 1. The zero-order chi connectivity index (χ0) is 14.8. The van der Waals surface area contributed by atoms with E-state index in [-0.39, 0.29) is 24.3 Å².